The molecule has 4 aromatic rings. The minimum atomic E-state index is -0.753. The van der Waals surface area contributed by atoms with Gasteiger partial charge in [-0.25, -0.2) is 11.6 Å². The van der Waals surface area contributed by atoms with E-state index in [0.29, 0.717) is 54.7 Å². The van der Waals surface area contributed by atoms with E-state index in [1.807, 2.05) is 6.07 Å². The zero-order chi connectivity index (χ0) is 39.8. The van der Waals surface area contributed by atoms with Crippen molar-refractivity contribution in [1.82, 2.24) is 19.9 Å². The second-order valence-electron chi connectivity index (χ2n) is 10.1. The Morgan fingerprint density at radius 1 is 0.963 bits per heavy atom. The maximum Gasteiger partial charge on any atom is 0.298 e. The number of aldehydes is 1. The number of halogens is 2. The lowest BCUT2D eigenvalue weighted by atomic mass is 9.85. The van der Waals surface area contributed by atoms with Crippen LogP contribution in [0.5, 0.6) is 34.8 Å². The fourth-order valence-electron chi connectivity index (χ4n) is 4.51. The third-order valence-electron chi connectivity index (χ3n) is 6.59. The molecule has 0 spiro atoms. The largest absolute Gasteiger partial charge is 0.493 e. The van der Waals surface area contributed by atoms with Gasteiger partial charge in [0.15, 0.2) is 23.0 Å². The van der Waals surface area contributed by atoms with E-state index in [-0.39, 0.29) is 48.3 Å². The van der Waals surface area contributed by atoms with Crippen LogP contribution < -0.4 is 40.5 Å². The number of fused-ring (bicyclic) bond motifs is 1. The molecule has 5 N–H and O–H groups in total. The molecule has 2 aromatic heterocycles. The summed E-state index contributed by atoms with van der Waals surface area (Å²) in [4.78, 5) is 49.0. The predicted molar refractivity (Wildman–Crippen MR) is 204 cm³/mol. The zero-order valence-corrected chi connectivity index (χ0v) is 32.2. The summed E-state index contributed by atoms with van der Waals surface area (Å²) in [6, 6.07) is 11.4. The van der Waals surface area contributed by atoms with Crippen molar-refractivity contribution in [1.29, 1.82) is 10.5 Å². The summed E-state index contributed by atoms with van der Waals surface area (Å²) in [7, 11) is 6.09. The molecule has 19 heteroatoms. The smallest absolute Gasteiger partial charge is 0.298 e. The Bertz CT molecular complexity index is 2200. The molecule has 5 rings (SSSR count). The van der Waals surface area contributed by atoms with Gasteiger partial charge in [0.05, 0.1) is 54.9 Å². The van der Waals surface area contributed by atoms with Gasteiger partial charge < -0.3 is 49.3 Å². The highest BCUT2D eigenvalue weighted by Crippen LogP contribution is 2.44. The first-order valence-corrected chi connectivity index (χ1v) is 16.3. The Kier molecular flexibility index (Phi) is 18.5. The van der Waals surface area contributed by atoms with E-state index in [2.05, 4.69) is 56.6 Å². The average molecular weight is 873 g/mol. The zero-order valence-electron chi connectivity index (χ0n) is 29.0. The lowest BCUT2D eigenvalue weighted by molar-refractivity contribution is 0.112. The molecule has 1 unspecified atom stereocenters. The van der Waals surface area contributed by atoms with Gasteiger partial charge in [0.2, 0.25) is 17.6 Å². The number of nitrogens with one attached hydrogen (secondary N) is 2. The molecule has 0 saturated heterocycles. The van der Waals surface area contributed by atoms with Gasteiger partial charge in [-0.05, 0) is 75.5 Å². The Labute approximate surface area is 327 Å². The van der Waals surface area contributed by atoms with E-state index in [9.17, 15) is 19.6 Å². The highest BCUT2D eigenvalue weighted by Gasteiger charge is 2.35. The maximum atomic E-state index is 12.6. The molecule has 1 aliphatic heterocycles. The van der Waals surface area contributed by atoms with Gasteiger partial charge in [0.25, 0.3) is 17.7 Å². The molecule has 2 aromatic carbocycles. The number of hydrogen-bond donors (Lipinski definition) is 4. The molecule has 0 aliphatic carbocycles. The van der Waals surface area contributed by atoms with E-state index < -0.39 is 11.5 Å². The predicted octanol–water partition coefficient (Wildman–Crippen LogP) is 5.20. The van der Waals surface area contributed by atoms with Crippen molar-refractivity contribution in [3.05, 3.63) is 111 Å². The number of nitriles is 2. The number of rotatable bonds is 6. The third-order valence-corrected chi connectivity index (χ3v) is 7.76. The van der Waals surface area contributed by atoms with Crippen LogP contribution in [0.3, 0.4) is 0 Å². The summed E-state index contributed by atoms with van der Waals surface area (Å²) in [6.45, 7) is 9.22. The van der Waals surface area contributed by atoms with Crippen molar-refractivity contribution < 1.29 is 33.6 Å². The first kappa shape index (κ1) is 45.7. The summed E-state index contributed by atoms with van der Waals surface area (Å²) in [5, 5.41) is 25.9. The van der Waals surface area contributed by atoms with Crippen LogP contribution in [0.15, 0.2) is 60.3 Å². The molecule has 17 nitrogen and oxygen atoms in total. The van der Waals surface area contributed by atoms with Gasteiger partial charge in [-0.3, -0.25) is 14.4 Å². The maximum absolute atomic E-state index is 12.6. The molecule has 0 bridgehead atoms. The number of aryl methyl sites for hydroxylation is 2. The fraction of sp³-hybridized carbons (Fsp3) is 0.257. The molecule has 0 fully saturated rings. The monoisotopic (exact) mass is 870 g/mol. The van der Waals surface area contributed by atoms with Gasteiger partial charge in [0, 0.05) is 5.56 Å². The van der Waals surface area contributed by atoms with Crippen molar-refractivity contribution in [2.45, 2.75) is 27.2 Å². The number of carbonyl (C=O) groups excluding carboxylic acids is 1. The van der Waals surface area contributed by atoms with Crippen molar-refractivity contribution >= 4 is 38.1 Å². The number of nitrogens with two attached hydrogens (primary N) is 1. The molecule has 54 heavy (non-hydrogen) atoms. The summed E-state index contributed by atoms with van der Waals surface area (Å²) in [5.41, 5.74) is 6.66. The molecule has 1 aliphatic rings. The van der Waals surface area contributed by atoms with Crippen molar-refractivity contribution in [2.24, 2.45) is 5.73 Å². The summed E-state index contributed by atoms with van der Waals surface area (Å²) < 4.78 is 27.5. The van der Waals surface area contributed by atoms with Gasteiger partial charge >= 0.3 is 0 Å². The van der Waals surface area contributed by atoms with Crippen LogP contribution in [0.1, 0.15) is 46.5 Å². The second-order valence-corrected chi connectivity index (χ2v) is 11.8. The van der Waals surface area contributed by atoms with E-state index in [1.165, 1.54) is 21.3 Å². The fourth-order valence-corrected chi connectivity index (χ4v) is 5.75. The van der Waals surface area contributed by atoms with E-state index in [1.54, 1.807) is 51.3 Å². The minimum Gasteiger partial charge on any atom is -0.493 e. The minimum absolute atomic E-state index is 0. The summed E-state index contributed by atoms with van der Waals surface area (Å²) >= 11 is 6.70. The van der Waals surface area contributed by atoms with Gasteiger partial charge in [0.1, 0.15) is 35.6 Å². The number of aromatic nitrogens is 4. The third kappa shape index (κ3) is 11.8. The lowest BCUT2D eigenvalue weighted by Gasteiger charge is -2.25. The van der Waals surface area contributed by atoms with E-state index >= 15 is 0 Å². The van der Waals surface area contributed by atoms with Crippen molar-refractivity contribution in [3.8, 4) is 46.9 Å². The van der Waals surface area contributed by atoms with Crippen LogP contribution in [0.2, 0.25) is 0 Å². The number of hydrogen-bond acceptors (Lipinski definition) is 14. The van der Waals surface area contributed by atoms with Gasteiger partial charge in [-0.2, -0.15) is 15.5 Å². The first-order valence-electron chi connectivity index (χ1n) is 14.7. The molecule has 0 amide bonds. The SMILES string of the molecule is C.COc1cc(C2C(C#N)=C(N)Oc3nc(C)[nH]c(=O)c32)cc(Br)c1OC.COc1cc(C=O)cc(Br)c1OC.Cc1nc(O)cc(=O)[nH]1.[C-]#[N+]CC#N. The van der Waals surface area contributed by atoms with E-state index in [4.69, 9.17) is 46.4 Å². The standard InChI is InChI=1S/C17H15BrN4O4.C9H9BrO3.C5H6N2O2.C3H2N2.CH4/c1-7-21-16(23)13-12(9(6-19)15(20)26-17(13)22-7)8-4-10(18)14(25-3)11(5-8)24-2;1-12-8-4-6(5-11)3-7(10)9(8)13-2;1-3-6-4(8)2-5(9)7-3;1-5-3-2-4;/h4-5,12H,20H2,1-3H3,(H,21,22,23);3-5H,1-2H3;2H,1H3,(H2,6,7,8,9);3H2;1H4. The summed E-state index contributed by atoms with van der Waals surface area (Å²) in [5.74, 6) is 1.87. The molecule has 3 heterocycles. The number of nitrogens with zero attached hydrogens (tertiary/aromatic N) is 5. The number of benzene rings is 2. The number of allylic oxidation sites excluding steroid dienone is 1. The van der Waals surface area contributed by atoms with Gasteiger partial charge in [-0.1, -0.05) is 7.43 Å². The number of ether oxygens (including phenoxy) is 5. The molecule has 284 valence electrons. The Hall–Kier alpha value is -6.36. The molecule has 1 atom stereocenters. The topological polar surface area (TPSA) is 253 Å². The van der Waals surface area contributed by atoms with Crippen LogP contribution in [-0.4, -0.2) is 66.3 Å². The number of aromatic amines is 2. The van der Waals surface area contributed by atoms with Crippen LogP contribution in [0.4, 0.5) is 0 Å². The molecule has 0 saturated carbocycles. The second kappa shape index (κ2) is 21.9. The number of methoxy groups -OCH3 is 4. The van der Waals surface area contributed by atoms with Crippen molar-refractivity contribution in [2.75, 3.05) is 35.0 Å². The Morgan fingerprint density at radius 2 is 1.54 bits per heavy atom. The first-order chi connectivity index (χ1) is 25.2. The quantitative estimate of drug-likeness (QED) is 0.110. The van der Waals surface area contributed by atoms with Crippen LogP contribution >= 0.6 is 31.9 Å². The van der Waals surface area contributed by atoms with Crippen LogP contribution in [0, 0.1) is 43.1 Å². The molecule has 0 radical (unpaired) electrons. The van der Waals surface area contributed by atoms with Crippen molar-refractivity contribution in [3.63, 3.8) is 0 Å². The molecular weight excluding hydrogens is 836 g/mol. The lowest BCUT2D eigenvalue weighted by Crippen LogP contribution is -2.29. The number of H-pyrrole nitrogens is 2. The number of carbonyl (C=O) groups is 1. The highest BCUT2D eigenvalue weighted by atomic mass is 79.9. The average Bonchev–Trinajstić information content (AvgIpc) is 3.10. The Balaban J connectivity index is 0.000000432. The normalized spacial score (nSPS) is 11.8. The Morgan fingerprint density at radius 3 is 2.00 bits per heavy atom. The number of aromatic hydroxyl groups is 1. The van der Waals surface area contributed by atoms with Crippen LogP contribution in [-0.2, 0) is 0 Å². The van der Waals surface area contributed by atoms with E-state index in [0.717, 1.165) is 12.4 Å². The highest BCUT2D eigenvalue weighted by molar-refractivity contribution is 9.11. The summed E-state index contributed by atoms with van der Waals surface area (Å²) in [6.07, 6.45) is 0.757. The van der Waals surface area contributed by atoms with Crippen LogP contribution in [0.25, 0.3) is 4.85 Å². The molecular formula is C35H36Br2N8O9. The van der Waals surface area contributed by atoms with Gasteiger partial charge in [-0.15, -0.1) is 0 Å².